The van der Waals surface area contributed by atoms with Gasteiger partial charge in [-0.05, 0) is 131 Å². The molecule has 0 unspecified atom stereocenters. The lowest BCUT2D eigenvalue weighted by Gasteiger charge is -2.41. The molecular weight excluding hydrogens is 474 g/mol. The van der Waals surface area contributed by atoms with Crippen molar-refractivity contribution in [2.75, 3.05) is 6.61 Å². The van der Waals surface area contributed by atoms with Gasteiger partial charge in [-0.3, -0.25) is 0 Å². The number of rotatable bonds is 13. The quantitative estimate of drug-likeness (QED) is 0.183. The largest absolute Gasteiger partial charge is 0.490 e. The second-order valence-corrected chi connectivity index (χ2v) is 13.0. The molecule has 0 atom stereocenters. The van der Waals surface area contributed by atoms with Gasteiger partial charge in [0.15, 0.2) is 11.6 Å². The lowest BCUT2D eigenvalue weighted by molar-refractivity contribution is 0.109. The molecule has 0 saturated heterocycles. The fourth-order valence-electron chi connectivity index (χ4n) is 8.15. The van der Waals surface area contributed by atoms with E-state index in [2.05, 4.69) is 19.6 Å². The predicted octanol–water partition coefficient (Wildman–Crippen LogP) is 11.2. The molecular formula is C35H54F2O. The van der Waals surface area contributed by atoms with Crippen LogP contribution in [0.25, 0.3) is 0 Å². The van der Waals surface area contributed by atoms with E-state index in [4.69, 9.17) is 4.74 Å². The van der Waals surface area contributed by atoms with Gasteiger partial charge in [0.05, 0.1) is 6.61 Å². The summed E-state index contributed by atoms with van der Waals surface area (Å²) in [4.78, 5) is 0. The summed E-state index contributed by atoms with van der Waals surface area (Å²) in [5.41, 5.74) is 0.573. The molecule has 0 N–H and O–H groups in total. The van der Waals surface area contributed by atoms with Gasteiger partial charge < -0.3 is 4.74 Å². The molecule has 3 fully saturated rings. The number of ether oxygens (including phenoxy) is 1. The zero-order valence-corrected chi connectivity index (χ0v) is 24.2. The highest BCUT2D eigenvalue weighted by Crippen LogP contribution is 2.48. The number of halogens is 2. The fourth-order valence-corrected chi connectivity index (χ4v) is 8.15. The van der Waals surface area contributed by atoms with Crippen molar-refractivity contribution in [1.29, 1.82) is 0 Å². The van der Waals surface area contributed by atoms with E-state index in [1.54, 1.807) is 12.1 Å². The number of unbranched alkanes of at least 4 members (excludes halogenated alkanes) is 4. The first kappa shape index (κ1) is 29.6. The van der Waals surface area contributed by atoms with Gasteiger partial charge in [-0.25, -0.2) is 4.39 Å². The van der Waals surface area contributed by atoms with Crippen molar-refractivity contribution in [3.63, 3.8) is 0 Å². The summed E-state index contributed by atoms with van der Waals surface area (Å²) in [7, 11) is 0. The maximum absolute atomic E-state index is 15.0. The third-order valence-electron chi connectivity index (χ3n) is 10.6. The van der Waals surface area contributed by atoms with Gasteiger partial charge in [0, 0.05) is 0 Å². The first-order valence-corrected chi connectivity index (χ1v) is 16.3. The van der Waals surface area contributed by atoms with E-state index in [0.717, 1.165) is 55.3 Å². The first-order chi connectivity index (χ1) is 18.6. The monoisotopic (exact) mass is 528 g/mol. The Morgan fingerprint density at radius 2 is 1.29 bits per heavy atom. The van der Waals surface area contributed by atoms with Gasteiger partial charge in [-0.1, -0.05) is 57.6 Å². The molecule has 1 nitrogen and oxygen atoms in total. The van der Waals surface area contributed by atoms with Crippen LogP contribution in [0.1, 0.15) is 140 Å². The van der Waals surface area contributed by atoms with Crippen LogP contribution in [0.3, 0.4) is 0 Å². The summed E-state index contributed by atoms with van der Waals surface area (Å²) in [6.45, 7) is 6.54. The third-order valence-corrected chi connectivity index (χ3v) is 10.6. The van der Waals surface area contributed by atoms with Gasteiger partial charge >= 0.3 is 0 Å². The minimum absolute atomic E-state index is 0.0810. The Labute approximate surface area is 232 Å². The Balaban J connectivity index is 1.18. The molecule has 0 bridgehead atoms. The zero-order chi connectivity index (χ0) is 26.7. The molecule has 0 heterocycles. The van der Waals surface area contributed by atoms with E-state index < -0.39 is 11.6 Å². The standard InChI is InChI=1S/C35H54F2O/c1-3-5-7-8-9-25-38-33-24-23-32(34(36)35(33)37)31-21-19-30(20-22-31)29-17-15-28(16-18-29)27-13-11-26(12-14-27)10-6-4-2/h4,23-24,26-31H,2-3,5-22,25H2,1H3. The SMILES string of the molecule is C=CCCC1CCC(C2CCC(C3CCC(c4ccc(OCCCCCCC)c(F)c4F)CC3)CC2)CC1. The molecule has 38 heavy (non-hydrogen) atoms. The summed E-state index contributed by atoms with van der Waals surface area (Å²) in [5.74, 6) is 3.28. The van der Waals surface area contributed by atoms with Crippen molar-refractivity contribution in [1.82, 2.24) is 0 Å². The van der Waals surface area contributed by atoms with E-state index >= 15 is 4.39 Å². The van der Waals surface area contributed by atoms with Gasteiger partial charge in [-0.15, -0.1) is 6.58 Å². The molecule has 3 aliphatic carbocycles. The lowest BCUT2D eigenvalue weighted by atomic mass is 9.64. The maximum atomic E-state index is 15.0. The third kappa shape index (κ3) is 8.07. The smallest absolute Gasteiger partial charge is 0.200 e. The van der Waals surface area contributed by atoms with Crippen molar-refractivity contribution >= 4 is 0 Å². The van der Waals surface area contributed by atoms with Gasteiger partial charge in [0.2, 0.25) is 5.82 Å². The number of benzene rings is 1. The molecule has 1 aromatic rings. The molecule has 0 amide bonds. The number of hydrogen-bond acceptors (Lipinski definition) is 1. The minimum atomic E-state index is -0.786. The maximum Gasteiger partial charge on any atom is 0.200 e. The van der Waals surface area contributed by atoms with Crippen LogP contribution in [-0.4, -0.2) is 6.61 Å². The van der Waals surface area contributed by atoms with Crippen molar-refractivity contribution in [3.8, 4) is 5.75 Å². The number of hydrogen-bond donors (Lipinski definition) is 0. The van der Waals surface area contributed by atoms with Crippen molar-refractivity contribution in [2.45, 2.75) is 135 Å². The lowest BCUT2D eigenvalue weighted by Crippen LogP contribution is -2.29. The zero-order valence-electron chi connectivity index (χ0n) is 24.2. The van der Waals surface area contributed by atoms with E-state index in [1.807, 2.05) is 0 Å². The molecule has 214 valence electrons. The van der Waals surface area contributed by atoms with Crippen molar-refractivity contribution in [2.24, 2.45) is 29.6 Å². The Morgan fingerprint density at radius 3 is 1.87 bits per heavy atom. The van der Waals surface area contributed by atoms with Crippen LogP contribution in [-0.2, 0) is 0 Å². The summed E-state index contributed by atoms with van der Waals surface area (Å²) < 4.78 is 35.4. The molecule has 0 aliphatic heterocycles. The Bertz CT molecular complexity index is 827. The van der Waals surface area contributed by atoms with Crippen molar-refractivity contribution in [3.05, 3.63) is 42.0 Å². The summed E-state index contributed by atoms with van der Waals surface area (Å²) in [6.07, 6.45) is 25.9. The molecule has 0 spiro atoms. The van der Waals surface area contributed by atoms with E-state index in [1.165, 1.54) is 96.3 Å². The van der Waals surface area contributed by atoms with Crippen LogP contribution in [0.5, 0.6) is 5.75 Å². The summed E-state index contributed by atoms with van der Waals surface area (Å²) in [5, 5.41) is 0. The second kappa shape index (κ2) is 15.4. The highest BCUT2D eigenvalue weighted by molar-refractivity contribution is 5.33. The topological polar surface area (TPSA) is 9.23 Å². The molecule has 0 aromatic heterocycles. The number of allylic oxidation sites excluding steroid dienone is 1. The highest BCUT2D eigenvalue weighted by Gasteiger charge is 2.35. The Kier molecular flexibility index (Phi) is 12.0. The van der Waals surface area contributed by atoms with Crippen LogP contribution >= 0.6 is 0 Å². The van der Waals surface area contributed by atoms with E-state index in [9.17, 15) is 4.39 Å². The average Bonchev–Trinajstić information content (AvgIpc) is 2.96. The van der Waals surface area contributed by atoms with Crippen LogP contribution in [0.15, 0.2) is 24.8 Å². The predicted molar refractivity (Wildman–Crippen MR) is 156 cm³/mol. The minimum Gasteiger partial charge on any atom is -0.490 e. The van der Waals surface area contributed by atoms with Gasteiger partial charge in [-0.2, -0.15) is 4.39 Å². The van der Waals surface area contributed by atoms with Crippen LogP contribution in [0.2, 0.25) is 0 Å². The molecule has 0 radical (unpaired) electrons. The first-order valence-electron chi connectivity index (χ1n) is 16.3. The van der Waals surface area contributed by atoms with Crippen LogP contribution in [0, 0.1) is 41.2 Å². The van der Waals surface area contributed by atoms with Crippen molar-refractivity contribution < 1.29 is 13.5 Å². The molecule has 3 heteroatoms. The van der Waals surface area contributed by atoms with Crippen LogP contribution < -0.4 is 4.74 Å². The second-order valence-electron chi connectivity index (χ2n) is 13.0. The molecule has 3 saturated carbocycles. The van der Waals surface area contributed by atoms with E-state index in [-0.39, 0.29) is 11.7 Å². The molecule has 3 aliphatic rings. The highest BCUT2D eigenvalue weighted by atomic mass is 19.2. The Hall–Kier alpha value is -1.38. The summed E-state index contributed by atoms with van der Waals surface area (Å²) >= 11 is 0. The van der Waals surface area contributed by atoms with E-state index in [0.29, 0.717) is 12.2 Å². The van der Waals surface area contributed by atoms with Crippen LogP contribution in [0.4, 0.5) is 8.78 Å². The molecule has 4 rings (SSSR count). The molecule has 1 aromatic carbocycles. The fraction of sp³-hybridized carbons (Fsp3) is 0.771. The summed E-state index contributed by atoms with van der Waals surface area (Å²) in [6, 6.07) is 3.47. The normalized spacial score (nSPS) is 30.2. The van der Waals surface area contributed by atoms with Gasteiger partial charge in [0.1, 0.15) is 0 Å². The average molecular weight is 529 g/mol. The van der Waals surface area contributed by atoms with Gasteiger partial charge in [0.25, 0.3) is 0 Å². The Morgan fingerprint density at radius 1 is 0.737 bits per heavy atom.